The molecular weight excluding hydrogens is 196 g/mol. The second-order valence-corrected chi connectivity index (χ2v) is 4.59. The molecule has 1 rings (SSSR count). The third-order valence-electron chi connectivity index (χ3n) is 1.51. The molecule has 0 spiro atoms. The Morgan fingerprint density at radius 2 is 1.92 bits per heavy atom. The average molecular weight is 204 g/mol. The number of H-pyrrole nitrogens is 1. The molecule has 0 bridgehead atoms. The Labute approximate surface area is 73.7 Å². The summed E-state index contributed by atoms with van der Waals surface area (Å²) in [5.74, 6) is 0. The third kappa shape index (κ3) is 1.69. The molecule has 7 heteroatoms. The molecule has 0 saturated heterocycles. The minimum absolute atomic E-state index is 0.504. The molecule has 13 heavy (non-hydrogen) atoms. The maximum Gasteiger partial charge on any atom is 0.313 e. The lowest BCUT2D eigenvalue weighted by Crippen LogP contribution is -2.37. The Morgan fingerprint density at radius 3 is 2.38 bits per heavy atom. The predicted octanol–water partition coefficient (Wildman–Crippen LogP) is -1.52. The van der Waals surface area contributed by atoms with E-state index in [1.165, 1.54) is 7.05 Å². The lowest BCUT2D eigenvalue weighted by molar-refractivity contribution is 0.596. The van der Waals surface area contributed by atoms with Crippen molar-refractivity contribution in [3.05, 3.63) is 26.8 Å². The van der Waals surface area contributed by atoms with Crippen LogP contribution in [-0.2, 0) is 16.9 Å². The summed E-state index contributed by atoms with van der Waals surface area (Å²) in [7, 11) is -2.30. The van der Waals surface area contributed by atoms with Crippen LogP contribution in [0.2, 0.25) is 0 Å². The first kappa shape index (κ1) is 9.72. The minimum atomic E-state index is -3.63. The lowest BCUT2D eigenvalue weighted by atomic mass is 10.5. The van der Waals surface area contributed by atoms with Crippen LogP contribution >= 0.6 is 0 Å². The first-order chi connectivity index (χ1) is 5.84. The number of nitrogens with zero attached hydrogens (tertiary/aromatic N) is 1. The Morgan fingerprint density at radius 1 is 1.38 bits per heavy atom. The molecule has 0 atom stereocenters. The summed E-state index contributed by atoms with van der Waals surface area (Å²) in [6.07, 6.45) is 1.87. The van der Waals surface area contributed by atoms with Gasteiger partial charge >= 0.3 is 5.56 Å². The minimum Gasteiger partial charge on any atom is -0.302 e. The fourth-order valence-electron chi connectivity index (χ4n) is 0.813. The van der Waals surface area contributed by atoms with E-state index in [1.54, 1.807) is 0 Å². The number of nitrogens with one attached hydrogen (secondary N) is 1. The van der Waals surface area contributed by atoms with Crippen LogP contribution in [0.3, 0.4) is 0 Å². The van der Waals surface area contributed by atoms with Crippen LogP contribution in [0.25, 0.3) is 0 Å². The van der Waals surface area contributed by atoms with Crippen molar-refractivity contribution in [2.24, 2.45) is 7.05 Å². The highest BCUT2D eigenvalue weighted by Crippen LogP contribution is 1.95. The van der Waals surface area contributed by atoms with Crippen molar-refractivity contribution in [2.45, 2.75) is 4.90 Å². The zero-order chi connectivity index (χ0) is 10.2. The highest BCUT2D eigenvalue weighted by Gasteiger charge is 2.14. The fraction of sp³-hybridized carbons (Fsp3) is 0.333. The van der Waals surface area contributed by atoms with Gasteiger partial charge in [-0.2, -0.15) is 0 Å². The fourth-order valence-corrected chi connectivity index (χ4v) is 1.50. The summed E-state index contributed by atoms with van der Waals surface area (Å²) in [6.45, 7) is 0. The van der Waals surface area contributed by atoms with Gasteiger partial charge in [-0.1, -0.05) is 0 Å². The van der Waals surface area contributed by atoms with E-state index in [1.807, 2.05) is 0 Å². The molecule has 1 N–H and O–H groups in total. The molecule has 1 aromatic rings. The van der Waals surface area contributed by atoms with Gasteiger partial charge < -0.3 is 5.10 Å². The molecule has 0 aliphatic rings. The molecule has 6 nitrogen and oxygen atoms in total. The molecular formula is C6H8N2O4S. The Kier molecular flexibility index (Phi) is 2.12. The van der Waals surface area contributed by atoms with E-state index in [9.17, 15) is 18.0 Å². The van der Waals surface area contributed by atoms with E-state index in [2.05, 4.69) is 5.10 Å². The Hall–Kier alpha value is -1.37. The van der Waals surface area contributed by atoms with E-state index in [0.29, 0.717) is 0 Å². The number of sulfone groups is 1. The highest BCUT2D eigenvalue weighted by atomic mass is 32.2. The van der Waals surface area contributed by atoms with Gasteiger partial charge in [-0.25, -0.2) is 8.42 Å². The summed E-state index contributed by atoms with van der Waals surface area (Å²) >= 11 is 0. The zero-order valence-electron chi connectivity index (χ0n) is 7.07. The van der Waals surface area contributed by atoms with Crippen molar-refractivity contribution < 1.29 is 8.42 Å². The molecule has 1 heterocycles. The molecule has 0 radical (unpaired) electrons. The Balaban J connectivity index is 3.74. The van der Waals surface area contributed by atoms with Crippen molar-refractivity contribution in [3.63, 3.8) is 0 Å². The number of hydrogen-bond donors (Lipinski definition) is 1. The number of aryl methyl sites for hydroxylation is 1. The normalized spacial score (nSPS) is 11.5. The van der Waals surface area contributed by atoms with Gasteiger partial charge in [0.05, 0.1) is 0 Å². The Bertz CT molecular complexity index is 536. The van der Waals surface area contributed by atoms with Crippen molar-refractivity contribution in [1.82, 2.24) is 9.78 Å². The van der Waals surface area contributed by atoms with Gasteiger partial charge in [0.1, 0.15) is 4.90 Å². The van der Waals surface area contributed by atoms with Crippen molar-refractivity contribution in [3.8, 4) is 0 Å². The standard InChI is InChI=1S/C6H8N2O4S/c1-8-6(10)5(9)4(3-7-8)13(2,11)12/h3,7H,1-2H3. The van der Waals surface area contributed by atoms with Gasteiger partial charge in [-0.15, -0.1) is 0 Å². The monoisotopic (exact) mass is 204 g/mol. The molecule has 0 saturated carbocycles. The molecule has 1 aromatic heterocycles. The summed E-state index contributed by atoms with van der Waals surface area (Å²) in [4.78, 5) is 21.6. The van der Waals surface area contributed by atoms with Crippen molar-refractivity contribution in [2.75, 3.05) is 6.26 Å². The highest BCUT2D eigenvalue weighted by molar-refractivity contribution is 7.90. The predicted molar refractivity (Wildman–Crippen MR) is 45.4 cm³/mol. The first-order valence-electron chi connectivity index (χ1n) is 3.33. The molecule has 0 aliphatic heterocycles. The first-order valence-corrected chi connectivity index (χ1v) is 5.22. The molecule has 0 fully saturated rings. The summed E-state index contributed by atoms with van der Waals surface area (Å²) in [6, 6.07) is 0. The second kappa shape index (κ2) is 2.84. The molecule has 0 aromatic carbocycles. The molecule has 0 amide bonds. The number of hydrogen-bond acceptors (Lipinski definition) is 4. The van der Waals surface area contributed by atoms with Gasteiger partial charge in [0, 0.05) is 19.5 Å². The van der Waals surface area contributed by atoms with Crippen LogP contribution in [0.15, 0.2) is 20.7 Å². The van der Waals surface area contributed by atoms with Crippen LogP contribution in [0.4, 0.5) is 0 Å². The van der Waals surface area contributed by atoms with Crippen LogP contribution < -0.4 is 11.0 Å². The SMILES string of the molecule is Cn1[nH]cc(S(C)(=O)=O)c(=O)c1=O. The van der Waals surface area contributed by atoms with Crippen molar-refractivity contribution in [1.29, 1.82) is 0 Å². The smallest absolute Gasteiger partial charge is 0.302 e. The van der Waals surface area contributed by atoms with E-state index >= 15 is 0 Å². The maximum atomic E-state index is 11.1. The van der Waals surface area contributed by atoms with Crippen molar-refractivity contribution >= 4 is 9.84 Å². The van der Waals surface area contributed by atoms with Crippen LogP contribution in [0, 0.1) is 0 Å². The van der Waals surface area contributed by atoms with E-state index in [-0.39, 0.29) is 0 Å². The lowest BCUT2D eigenvalue weighted by Gasteiger charge is -1.98. The van der Waals surface area contributed by atoms with Crippen LogP contribution in [0.5, 0.6) is 0 Å². The maximum absolute atomic E-state index is 11.1. The quantitative estimate of drug-likeness (QED) is 0.562. The summed E-state index contributed by atoms with van der Waals surface area (Å²) in [5, 5.41) is 2.34. The van der Waals surface area contributed by atoms with Gasteiger partial charge in [-0.05, 0) is 0 Å². The third-order valence-corrected chi connectivity index (χ3v) is 2.61. The number of aromatic nitrogens is 2. The summed E-state index contributed by atoms with van der Waals surface area (Å²) < 4.78 is 22.8. The van der Waals surface area contributed by atoms with Gasteiger partial charge in [-0.3, -0.25) is 14.3 Å². The molecule has 72 valence electrons. The molecule has 0 unspecified atom stereocenters. The number of rotatable bonds is 1. The second-order valence-electron chi connectivity index (χ2n) is 2.60. The summed E-state index contributed by atoms with van der Waals surface area (Å²) in [5.41, 5.74) is -1.90. The van der Waals surface area contributed by atoms with Crippen LogP contribution in [-0.4, -0.2) is 24.5 Å². The van der Waals surface area contributed by atoms with Gasteiger partial charge in [0.15, 0.2) is 9.84 Å². The zero-order valence-corrected chi connectivity index (χ0v) is 7.88. The van der Waals surface area contributed by atoms with E-state index < -0.39 is 25.7 Å². The van der Waals surface area contributed by atoms with E-state index in [0.717, 1.165) is 17.1 Å². The number of aromatic amines is 1. The van der Waals surface area contributed by atoms with Crippen LogP contribution in [0.1, 0.15) is 0 Å². The largest absolute Gasteiger partial charge is 0.313 e. The van der Waals surface area contributed by atoms with Gasteiger partial charge in [0.25, 0.3) is 5.43 Å². The average Bonchev–Trinajstić information content (AvgIpc) is 1.98. The van der Waals surface area contributed by atoms with E-state index in [4.69, 9.17) is 0 Å². The van der Waals surface area contributed by atoms with Gasteiger partial charge in [0.2, 0.25) is 0 Å². The topological polar surface area (TPSA) is 89.0 Å². The molecule has 0 aliphatic carbocycles.